The zero-order valence-electron chi connectivity index (χ0n) is 7.00. The molecule has 0 saturated heterocycles. The summed E-state index contributed by atoms with van der Waals surface area (Å²) in [5, 5.41) is 0. The molecule has 0 saturated carbocycles. The minimum absolute atomic E-state index is 0.979. The van der Waals surface area contributed by atoms with Gasteiger partial charge < -0.3 is 0 Å². The third kappa shape index (κ3) is 6.46. The molecular formula is C5H15O4PSi. The van der Waals surface area contributed by atoms with Crippen LogP contribution in [0.2, 0.25) is 19.6 Å². The number of rotatable bonds is 4. The Morgan fingerprint density at radius 2 is 1.82 bits per heavy atom. The van der Waals surface area contributed by atoms with Crippen LogP contribution in [0.15, 0.2) is 12.8 Å². The molecule has 0 aromatic heterocycles. The molecule has 0 unspecified atom stereocenters. The Morgan fingerprint density at radius 3 is 2.09 bits per heavy atom. The fourth-order valence-electron chi connectivity index (χ4n) is 0.531. The van der Waals surface area contributed by atoms with Crippen LogP contribution >= 0.6 is 8.17 Å². The van der Waals surface area contributed by atoms with Crippen molar-refractivity contribution in [1.29, 1.82) is 0 Å². The van der Waals surface area contributed by atoms with Gasteiger partial charge in [-0.05, 0) is 0 Å². The van der Waals surface area contributed by atoms with Crippen LogP contribution in [0.5, 0.6) is 0 Å². The predicted octanol–water partition coefficient (Wildman–Crippen LogP) is 1.39. The maximum absolute atomic E-state index is 9.06. The van der Waals surface area contributed by atoms with E-state index in [-0.39, 0.29) is 0 Å². The topological polar surface area (TPSA) is 58.9 Å². The third-order valence-corrected chi connectivity index (χ3v) is 4.66. The summed E-state index contributed by atoms with van der Waals surface area (Å²) in [6, 6.07) is 0. The Balaban J connectivity index is 4.00. The van der Waals surface area contributed by atoms with Crippen molar-refractivity contribution in [2.24, 2.45) is 0 Å². The zero-order valence-corrected chi connectivity index (χ0v) is 9.00. The first-order valence-electron chi connectivity index (χ1n) is 3.20. The molecule has 2 N–H and O–H groups in total. The molecule has 0 aliphatic heterocycles. The fraction of sp³-hybridized carbons (Fsp3) is 0.600. The molecule has 0 spiro atoms. The van der Waals surface area contributed by atoms with E-state index in [0.29, 0.717) is 0 Å². The Labute approximate surface area is 68.3 Å². The summed E-state index contributed by atoms with van der Waals surface area (Å²) in [5.41, 5.74) is 0. The summed E-state index contributed by atoms with van der Waals surface area (Å²) in [6.07, 6.45) is 0.979. The van der Waals surface area contributed by atoms with E-state index in [0.717, 1.165) is 6.26 Å². The molecule has 0 aliphatic carbocycles. The van der Waals surface area contributed by atoms with Crippen molar-refractivity contribution < 1.29 is 18.5 Å². The Bertz CT molecular complexity index is 142. The molecule has 0 aromatic rings. The van der Waals surface area contributed by atoms with Crippen LogP contribution < -0.4 is 0 Å². The van der Waals surface area contributed by atoms with Crippen molar-refractivity contribution in [2.75, 3.05) is 0 Å². The quantitative estimate of drug-likeness (QED) is 0.407. The number of hydrogen-bond acceptors (Lipinski definition) is 4. The van der Waals surface area contributed by atoms with Gasteiger partial charge in [0.15, 0.2) is 0 Å². The van der Waals surface area contributed by atoms with E-state index in [9.17, 15) is 0 Å². The molecule has 68 valence electrons. The van der Waals surface area contributed by atoms with Gasteiger partial charge in [0.05, 0.1) is 0 Å². The van der Waals surface area contributed by atoms with Gasteiger partial charge in [-0.15, -0.1) is 0 Å². The van der Waals surface area contributed by atoms with Gasteiger partial charge in [-0.2, -0.15) is 0 Å². The van der Waals surface area contributed by atoms with Gasteiger partial charge >= 0.3 is 67.5 Å². The van der Waals surface area contributed by atoms with Gasteiger partial charge in [0.25, 0.3) is 0 Å². The van der Waals surface area contributed by atoms with E-state index in [1.807, 2.05) is 19.6 Å². The molecular weight excluding hydrogens is 183 g/mol. The summed E-state index contributed by atoms with van der Waals surface area (Å²) >= 11 is 0. The van der Waals surface area contributed by atoms with Crippen LogP contribution in [0.3, 0.4) is 0 Å². The van der Waals surface area contributed by atoms with Crippen molar-refractivity contribution in [3.05, 3.63) is 12.8 Å². The van der Waals surface area contributed by atoms with Crippen LogP contribution in [-0.2, 0) is 8.74 Å². The van der Waals surface area contributed by atoms with Gasteiger partial charge in [-0.1, -0.05) is 0 Å². The van der Waals surface area contributed by atoms with E-state index in [2.05, 4.69) is 11.1 Å². The second-order valence-corrected chi connectivity index (χ2v) is 9.42. The van der Waals surface area contributed by atoms with Crippen LogP contribution in [0, 0.1) is 0 Å². The Kier molecular flexibility index (Phi) is 3.67. The van der Waals surface area contributed by atoms with E-state index in [1.54, 1.807) is 0 Å². The van der Waals surface area contributed by atoms with Gasteiger partial charge in [0, 0.05) is 0 Å². The molecule has 11 heavy (non-hydrogen) atoms. The SMILES string of the molecule is C=CO[PH](O)(O)O[Si](C)(C)C. The van der Waals surface area contributed by atoms with Crippen LogP contribution in [-0.4, -0.2) is 18.1 Å². The molecule has 0 radical (unpaired) electrons. The van der Waals surface area contributed by atoms with E-state index < -0.39 is 16.5 Å². The first-order chi connectivity index (χ1) is 4.77. The molecule has 0 atom stereocenters. The normalized spacial score (nSPS) is 14.3. The summed E-state index contributed by atoms with van der Waals surface area (Å²) in [4.78, 5) is 18.1. The average molecular weight is 198 g/mol. The Hall–Kier alpha value is 0.0669. The van der Waals surface area contributed by atoms with E-state index in [4.69, 9.17) is 14.0 Å². The van der Waals surface area contributed by atoms with Gasteiger partial charge in [0.1, 0.15) is 0 Å². The molecule has 0 aromatic carbocycles. The first kappa shape index (κ1) is 11.1. The fourth-order valence-corrected chi connectivity index (χ4v) is 4.13. The predicted molar refractivity (Wildman–Crippen MR) is 48.5 cm³/mol. The van der Waals surface area contributed by atoms with Crippen molar-refractivity contribution in [2.45, 2.75) is 19.6 Å². The monoisotopic (exact) mass is 198 g/mol. The molecule has 0 aliphatic rings. The van der Waals surface area contributed by atoms with Gasteiger partial charge in [-0.3, -0.25) is 0 Å². The van der Waals surface area contributed by atoms with Crippen molar-refractivity contribution in [3.63, 3.8) is 0 Å². The summed E-state index contributed by atoms with van der Waals surface area (Å²) in [7, 11) is -5.84. The molecule has 0 bridgehead atoms. The first-order valence-corrected chi connectivity index (χ1v) is 8.32. The second kappa shape index (κ2) is 3.65. The third-order valence-electron chi connectivity index (χ3n) is 0.676. The van der Waals surface area contributed by atoms with E-state index in [1.165, 1.54) is 0 Å². The molecule has 0 rings (SSSR count). The molecule has 6 heteroatoms. The van der Waals surface area contributed by atoms with Crippen molar-refractivity contribution in [1.82, 2.24) is 0 Å². The molecule has 4 nitrogen and oxygen atoms in total. The number of hydrogen-bond donors (Lipinski definition) is 2. The van der Waals surface area contributed by atoms with Gasteiger partial charge in [0.2, 0.25) is 0 Å². The van der Waals surface area contributed by atoms with Crippen molar-refractivity contribution >= 4 is 16.5 Å². The van der Waals surface area contributed by atoms with E-state index >= 15 is 0 Å². The van der Waals surface area contributed by atoms with Crippen LogP contribution in [0.25, 0.3) is 0 Å². The van der Waals surface area contributed by atoms with Crippen LogP contribution in [0.4, 0.5) is 0 Å². The van der Waals surface area contributed by atoms with Crippen molar-refractivity contribution in [3.8, 4) is 0 Å². The maximum atomic E-state index is 9.06. The summed E-state index contributed by atoms with van der Waals surface area (Å²) in [5.74, 6) is 0. The molecule has 0 amide bonds. The standard InChI is InChI=1S/C5H15O4PSi/c1-5-8-10(6,7)9-11(2,3)4/h5-7,10H,1H2,2-4H3. The second-order valence-electron chi connectivity index (χ2n) is 3.05. The average Bonchev–Trinajstić information content (AvgIpc) is 1.55. The van der Waals surface area contributed by atoms with Gasteiger partial charge in [-0.25, -0.2) is 0 Å². The minimum atomic E-state index is -3.90. The molecule has 0 heterocycles. The Morgan fingerprint density at radius 1 is 1.36 bits per heavy atom. The zero-order chi connectivity index (χ0) is 9.12. The summed E-state index contributed by atoms with van der Waals surface area (Å²) < 4.78 is 9.39. The molecule has 0 fully saturated rings. The van der Waals surface area contributed by atoms with Crippen LogP contribution in [0.1, 0.15) is 0 Å². The summed E-state index contributed by atoms with van der Waals surface area (Å²) in [6.45, 7) is 8.73.